The molecule has 1 aliphatic rings. The molecule has 1 N–H and O–H groups in total. The molecule has 3 rings (SSSR count). The number of amides is 1. The SMILES string of the molecule is CCOC(=O)c1c(NC(=O)/C=C/c2ccc(C(C)(C)C)cc2)sc2c1CCCCCC2. The van der Waals surface area contributed by atoms with Gasteiger partial charge in [-0.05, 0) is 60.8 Å². The first-order valence-electron chi connectivity index (χ1n) is 11.2. The lowest BCUT2D eigenvalue weighted by atomic mass is 9.87. The zero-order chi connectivity index (χ0) is 22.4. The fraction of sp³-hybridized carbons (Fsp3) is 0.462. The molecule has 0 radical (unpaired) electrons. The van der Waals surface area contributed by atoms with Gasteiger partial charge in [0.25, 0.3) is 0 Å². The third-order valence-corrected chi connectivity index (χ3v) is 6.80. The molecule has 1 aromatic carbocycles. The van der Waals surface area contributed by atoms with Crippen molar-refractivity contribution in [2.75, 3.05) is 11.9 Å². The number of hydrogen-bond donors (Lipinski definition) is 1. The molecule has 31 heavy (non-hydrogen) atoms. The number of carbonyl (C=O) groups excluding carboxylic acids is 2. The van der Waals surface area contributed by atoms with E-state index >= 15 is 0 Å². The topological polar surface area (TPSA) is 55.4 Å². The molecule has 0 aliphatic heterocycles. The Morgan fingerprint density at radius 3 is 2.39 bits per heavy atom. The lowest BCUT2D eigenvalue weighted by molar-refractivity contribution is -0.111. The van der Waals surface area contributed by atoms with E-state index in [0.29, 0.717) is 17.2 Å². The number of benzene rings is 1. The number of aryl methyl sites for hydroxylation is 1. The summed E-state index contributed by atoms with van der Waals surface area (Å²) in [5.74, 6) is -0.572. The number of rotatable bonds is 5. The molecule has 0 unspecified atom stereocenters. The van der Waals surface area contributed by atoms with Crippen molar-refractivity contribution in [2.24, 2.45) is 0 Å². The highest BCUT2D eigenvalue weighted by atomic mass is 32.1. The lowest BCUT2D eigenvalue weighted by Gasteiger charge is -2.18. The number of thiophene rings is 1. The van der Waals surface area contributed by atoms with Crippen LogP contribution in [0.25, 0.3) is 6.08 Å². The van der Waals surface area contributed by atoms with Crippen LogP contribution in [0.1, 0.15) is 85.3 Å². The minimum Gasteiger partial charge on any atom is -0.462 e. The van der Waals surface area contributed by atoms with E-state index < -0.39 is 0 Å². The van der Waals surface area contributed by atoms with Gasteiger partial charge < -0.3 is 10.1 Å². The normalized spacial score (nSPS) is 14.6. The van der Waals surface area contributed by atoms with E-state index in [2.05, 4.69) is 38.2 Å². The zero-order valence-corrected chi connectivity index (χ0v) is 19.9. The van der Waals surface area contributed by atoms with Crippen LogP contribution in [-0.2, 0) is 27.8 Å². The third kappa shape index (κ3) is 6.07. The third-order valence-electron chi connectivity index (χ3n) is 5.59. The Labute approximate surface area is 189 Å². The molecule has 0 saturated heterocycles. The summed E-state index contributed by atoms with van der Waals surface area (Å²) < 4.78 is 5.31. The molecule has 0 fully saturated rings. The molecule has 166 valence electrons. The molecular formula is C26H33NO3S. The van der Waals surface area contributed by atoms with Gasteiger partial charge in [0.1, 0.15) is 5.00 Å². The van der Waals surface area contributed by atoms with Crippen LogP contribution in [0.3, 0.4) is 0 Å². The summed E-state index contributed by atoms with van der Waals surface area (Å²) in [6, 6.07) is 8.22. The first kappa shape index (κ1) is 23.3. The van der Waals surface area contributed by atoms with Crippen molar-refractivity contribution in [2.45, 2.75) is 71.6 Å². The summed E-state index contributed by atoms with van der Waals surface area (Å²) in [4.78, 5) is 26.5. The summed E-state index contributed by atoms with van der Waals surface area (Å²) in [7, 11) is 0. The van der Waals surface area contributed by atoms with E-state index in [1.54, 1.807) is 13.0 Å². The maximum Gasteiger partial charge on any atom is 0.341 e. The fourth-order valence-corrected chi connectivity index (χ4v) is 5.13. The summed E-state index contributed by atoms with van der Waals surface area (Å²) in [5, 5.41) is 3.56. The summed E-state index contributed by atoms with van der Waals surface area (Å²) in [6.07, 6.45) is 9.72. The highest BCUT2D eigenvalue weighted by molar-refractivity contribution is 7.17. The molecule has 0 saturated carbocycles. The Kier molecular flexibility index (Phi) is 7.71. The molecule has 1 amide bonds. The average Bonchev–Trinajstić information content (AvgIpc) is 3.02. The second-order valence-electron chi connectivity index (χ2n) is 9.04. The second-order valence-corrected chi connectivity index (χ2v) is 10.1. The van der Waals surface area contributed by atoms with Gasteiger partial charge in [0.15, 0.2) is 0 Å². The minimum atomic E-state index is -0.336. The van der Waals surface area contributed by atoms with E-state index in [1.807, 2.05) is 12.1 Å². The van der Waals surface area contributed by atoms with Gasteiger partial charge in [0, 0.05) is 11.0 Å². The Hall–Kier alpha value is -2.40. The van der Waals surface area contributed by atoms with Gasteiger partial charge in [0.2, 0.25) is 5.91 Å². The van der Waals surface area contributed by atoms with Crippen LogP contribution in [-0.4, -0.2) is 18.5 Å². The first-order chi connectivity index (χ1) is 14.8. The fourth-order valence-electron chi connectivity index (χ4n) is 3.85. The van der Waals surface area contributed by atoms with Crippen molar-refractivity contribution < 1.29 is 14.3 Å². The van der Waals surface area contributed by atoms with Crippen molar-refractivity contribution in [3.05, 3.63) is 57.5 Å². The van der Waals surface area contributed by atoms with Gasteiger partial charge in [-0.3, -0.25) is 4.79 Å². The largest absolute Gasteiger partial charge is 0.462 e. The van der Waals surface area contributed by atoms with Crippen LogP contribution in [0.5, 0.6) is 0 Å². The van der Waals surface area contributed by atoms with Crippen molar-refractivity contribution in [1.82, 2.24) is 0 Å². The zero-order valence-electron chi connectivity index (χ0n) is 19.0. The van der Waals surface area contributed by atoms with E-state index in [0.717, 1.165) is 36.8 Å². The summed E-state index contributed by atoms with van der Waals surface area (Å²) >= 11 is 1.53. The number of nitrogens with one attached hydrogen (secondary N) is 1. The van der Waals surface area contributed by atoms with Crippen LogP contribution in [0.4, 0.5) is 5.00 Å². The molecule has 1 aromatic heterocycles. The molecule has 0 bridgehead atoms. The molecule has 1 heterocycles. The van der Waals surface area contributed by atoms with Gasteiger partial charge in [0.05, 0.1) is 12.2 Å². The van der Waals surface area contributed by atoms with Gasteiger partial charge in [-0.1, -0.05) is 57.9 Å². The monoisotopic (exact) mass is 439 g/mol. The van der Waals surface area contributed by atoms with E-state index in [4.69, 9.17) is 4.74 Å². The number of hydrogen-bond acceptors (Lipinski definition) is 4. The van der Waals surface area contributed by atoms with E-state index in [-0.39, 0.29) is 17.3 Å². The summed E-state index contributed by atoms with van der Waals surface area (Å²) in [5.41, 5.74) is 3.94. The van der Waals surface area contributed by atoms with Crippen molar-refractivity contribution in [3.63, 3.8) is 0 Å². The van der Waals surface area contributed by atoms with E-state index in [9.17, 15) is 9.59 Å². The minimum absolute atomic E-state index is 0.0964. The van der Waals surface area contributed by atoms with E-state index in [1.165, 1.54) is 40.7 Å². The van der Waals surface area contributed by atoms with Gasteiger partial charge >= 0.3 is 5.97 Å². The number of carbonyl (C=O) groups is 2. The Morgan fingerprint density at radius 2 is 1.74 bits per heavy atom. The molecule has 1 aliphatic carbocycles. The van der Waals surface area contributed by atoms with Crippen LogP contribution in [0, 0.1) is 0 Å². The van der Waals surface area contributed by atoms with Gasteiger partial charge in [-0.25, -0.2) is 4.79 Å². The number of esters is 1. The quantitative estimate of drug-likeness (QED) is 0.425. The number of anilines is 1. The predicted molar refractivity (Wildman–Crippen MR) is 129 cm³/mol. The van der Waals surface area contributed by atoms with Crippen LogP contribution >= 0.6 is 11.3 Å². The van der Waals surface area contributed by atoms with Gasteiger partial charge in [-0.2, -0.15) is 0 Å². The Bertz CT molecular complexity index is 948. The smallest absolute Gasteiger partial charge is 0.341 e. The molecule has 0 atom stereocenters. The van der Waals surface area contributed by atoms with Crippen LogP contribution in [0.2, 0.25) is 0 Å². The standard InChI is InChI=1S/C26H33NO3S/c1-5-30-25(29)23-20-10-8-6-7-9-11-21(20)31-24(23)27-22(28)17-14-18-12-15-19(16-13-18)26(2,3)4/h12-17H,5-11H2,1-4H3,(H,27,28)/b17-14+. The van der Waals surface area contributed by atoms with Gasteiger partial charge in [-0.15, -0.1) is 11.3 Å². The molecule has 0 spiro atoms. The second kappa shape index (κ2) is 10.3. The predicted octanol–water partition coefficient (Wildman–Crippen LogP) is 6.53. The summed E-state index contributed by atoms with van der Waals surface area (Å²) in [6.45, 7) is 8.66. The molecular weight excluding hydrogens is 406 g/mol. The first-order valence-corrected chi connectivity index (χ1v) is 12.0. The lowest BCUT2D eigenvalue weighted by Crippen LogP contribution is -2.13. The maximum atomic E-state index is 12.7. The number of ether oxygens (including phenoxy) is 1. The Morgan fingerprint density at radius 1 is 1.06 bits per heavy atom. The van der Waals surface area contributed by atoms with Crippen molar-refractivity contribution in [3.8, 4) is 0 Å². The Balaban J connectivity index is 1.79. The average molecular weight is 440 g/mol. The van der Waals surface area contributed by atoms with Crippen LogP contribution < -0.4 is 5.32 Å². The van der Waals surface area contributed by atoms with Crippen molar-refractivity contribution >= 4 is 34.3 Å². The highest BCUT2D eigenvalue weighted by Gasteiger charge is 2.25. The molecule has 5 heteroatoms. The number of fused-ring (bicyclic) bond motifs is 1. The molecule has 2 aromatic rings. The highest BCUT2D eigenvalue weighted by Crippen LogP contribution is 2.37. The molecule has 4 nitrogen and oxygen atoms in total. The van der Waals surface area contributed by atoms with Crippen molar-refractivity contribution in [1.29, 1.82) is 0 Å². The maximum absolute atomic E-state index is 12.7. The van der Waals surface area contributed by atoms with Crippen LogP contribution in [0.15, 0.2) is 30.3 Å².